The summed E-state index contributed by atoms with van der Waals surface area (Å²) in [5.41, 5.74) is 0. The van der Waals surface area contributed by atoms with Crippen LogP contribution in [0.2, 0.25) is 0 Å². The first kappa shape index (κ1) is 7.93. The van der Waals surface area contributed by atoms with Crippen LogP contribution < -0.4 is 0 Å². The molecule has 0 aliphatic rings. The smallest absolute Gasteiger partial charge is 0.142 e. The number of carbonyl (C=O) groups excluding carboxylic acids is 1. The Balaban J connectivity index is 3.01. The lowest BCUT2D eigenvalue weighted by atomic mass is 10.5. The molecule has 0 aliphatic carbocycles. The maximum absolute atomic E-state index is 9.65. The molecule has 0 amide bonds. The molecule has 0 saturated carbocycles. The van der Waals surface area contributed by atoms with E-state index in [9.17, 15) is 4.79 Å². The maximum atomic E-state index is 9.65. The summed E-state index contributed by atoms with van der Waals surface area (Å²) in [6.45, 7) is 0.701. The van der Waals surface area contributed by atoms with Crippen LogP contribution in [0.25, 0.3) is 0 Å². The van der Waals surface area contributed by atoms with Crippen LogP contribution in [0.4, 0.5) is 0 Å². The first-order valence-corrected chi connectivity index (χ1v) is 2.53. The van der Waals surface area contributed by atoms with Crippen molar-refractivity contribution in [3.63, 3.8) is 0 Å². The van der Waals surface area contributed by atoms with Crippen LogP contribution in [-0.2, 0) is 9.53 Å². The quantitative estimate of drug-likeness (QED) is 0.234. The van der Waals surface area contributed by atoms with E-state index in [4.69, 9.17) is 11.2 Å². The Hall–Kier alpha value is -1.07. The molecule has 48 valence electrons. The third kappa shape index (κ3) is 6.93. The van der Waals surface area contributed by atoms with Gasteiger partial charge < -0.3 is 4.74 Å². The molecule has 0 atom stereocenters. The van der Waals surface area contributed by atoms with E-state index in [1.54, 1.807) is 6.08 Å². The van der Waals surface area contributed by atoms with Gasteiger partial charge in [0.05, 0.1) is 6.61 Å². The predicted octanol–water partition coefficient (Wildman–Crippen LogP) is 0.391. The van der Waals surface area contributed by atoms with Gasteiger partial charge in [0.2, 0.25) is 0 Å². The minimum absolute atomic E-state index is 0.295. The lowest BCUT2D eigenvalue weighted by Crippen LogP contribution is -1.89. The van der Waals surface area contributed by atoms with E-state index in [1.807, 2.05) is 0 Å². The van der Waals surface area contributed by atoms with Crippen molar-refractivity contribution in [1.29, 1.82) is 0 Å². The fourth-order valence-electron chi connectivity index (χ4n) is 0.297. The third-order valence-corrected chi connectivity index (χ3v) is 0.614. The van der Waals surface area contributed by atoms with Gasteiger partial charge in [0.1, 0.15) is 12.9 Å². The second-order valence-corrected chi connectivity index (χ2v) is 1.28. The van der Waals surface area contributed by atoms with Crippen LogP contribution in [0, 0.1) is 12.3 Å². The average molecular weight is 124 g/mol. The fraction of sp³-hybridized carbons (Fsp3) is 0.286. The van der Waals surface area contributed by atoms with E-state index in [0.717, 1.165) is 0 Å². The molecule has 0 rings (SSSR count). The monoisotopic (exact) mass is 124 g/mol. The molecular formula is C7H8O2. The van der Waals surface area contributed by atoms with Crippen LogP contribution in [0.5, 0.6) is 0 Å². The summed E-state index contributed by atoms with van der Waals surface area (Å²) >= 11 is 0. The maximum Gasteiger partial charge on any atom is 0.142 e. The van der Waals surface area contributed by atoms with E-state index >= 15 is 0 Å². The SMILES string of the molecule is C#CCOC/C=C/C=O. The highest BCUT2D eigenvalue weighted by Gasteiger charge is 1.74. The van der Waals surface area contributed by atoms with Crippen molar-refractivity contribution in [3.05, 3.63) is 12.2 Å². The Kier molecular flexibility index (Phi) is 6.11. The van der Waals surface area contributed by atoms with E-state index in [-0.39, 0.29) is 0 Å². The molecule has 0 fully saturated rings. The Bertz CT molecular complexity index is 130. The molecule has 2 nitrogen and oxygen atoms in total. The fourth-order valence-corrected chi connectivity index (χ4v) is 0.297. The minimum atomic E-state index is 0.295. The zero-order chi connectivity index (χ0) is 6.95. The second kappa shape index (κ2) is 6.93. The normalized spacial score (nSPS) is 9.22. The molecule has 0 radical (unpaired) electrons. The molecule has 0 aromatic heterocycles. The minimum Gasteiger partial charge on any atom is -0.365 e. The van der Waals surface area contributed by atoms with Gasteiger partial charge in [0.15, 0.2) is 0 Å². The molecule has 0 unspecified atom stereocenters. The second-order valence-electron chi connectivity index (χ2n) is 1.28. The highest BCUT2D eigenvalue weighted by atomic mass is 16.5. The number of ether oxygens (including phenoxy) is 1. The van der Waals surface area contributed by atoms with Crippen molar-refractivity contribution in [3.8, 4) is 12.3 Å². The number of rotatable bonds is 4. The van der Waals surface area contributed by atoms with Crippen LogP contribution in [0.3, 0.4) is 0 Å². The number of carbonyl (C=O) groups is 1. The zero-order valence-corrected chi connectivity index (χ0v) is 5.04. The summed E-state index contributed by atoms with van der Waals surface area (Å²) in [6, 6.07) is 0. The van der Waals surface area contributed by atoms with Gasteiger partial charge in [-0.1, -0.05) is 12.0 Å². The van der Waals surface area contributed by atoms with Crippen molar-refractivity contribution in [2.75, 3.05) is 13.2 Å². The van der Waals surface area contributed by atoms with Gasteiger partial charge in [-0.3, -0.25) is 4.79 Å². The molecule has 0 aromatic carbocycles. The summed E-state index contributed by atoms with van der Waals surface area (Å²) < 4.78 is 4.80. The van der Waals surface area contributed by atoms with Gasteiger partial charge in [-0.05, 0) is 6.08 Å². The summed E-state index contributed by atoms with van der Waals surface area (Å²) in [5.74, 6) is 2.30. The van der Waals surface area contributed by atoms with Crippen LogP contribution in [0.15, 0.2) is 12.2 Å². The highest BCUT2D eigenvalue weighted by Crippen LogP contribution is 1.73. The number of terminal acetylenes is 1. The number of aldehydes is 1. The Morgan fingerprint density at radius 3 is 3.00 bits per heavy atom. The number of hydrogen-bond acceptors (Lipinski definition) is 2. The zero-order valence-electron chi connectivity index (χ0n) is 5.04. The molecular weight excluding hydrogens is 116 g/mol. The highest BCUT2D eigenvalue weighted by molar-refractivity contribution is 5.64. The van der Waals surface area contributed by atoms with E-state index in [1.165, 1.54) is 6.08 Å². The molecule has 0 bridgehead atoms. The molecule has 2 heteroatoms. The lowest BCUT2D eigenvalue weighted by Gasteiger charge is -1.89. The summed E-state index contributed by atoms with van der Waals surface area (Å²) in [4.78, 5) is 9.65. The lowest BCUT2D eigenvalue weighted by molar-refractivity contribution is -0.104. The van der Waals surface area contributed by atoms with Crippen molar-refractivity contribution < 1.29 is 9.53 Å². The largest absolute Gasteiger partial charge is 0.365 e. The third-order valence-electron chi connectivity index (χ3n) is 0.614. The van der Waals surface area contributed by atoms with Gasteiger partial charge in [-0.15, -0.1) is 6.42 Å². The Morgan fingerprint density at radius 1 is 1.67 bits per heavy atom. The van der Waals surface area contributed by atoms with Gasteiger partial charge in [-0.25, -0.2) is 0 Å². The molecule has 9 heavy (non-hydrogen) atoms. The first-order valence-electron chi connectivity index (χ1n) is 2.53. The molecule has 0 aliphatic heterocycles. The molecule has 0 saturated heterocycles. The van der Waals surface area contributed by atoms with Crippen LogP contribution in [0.1, 0.15) is 0 Å². The standard InChI is InChI=1S/C7H8O2/c1-2-6-9-7-4-3-5-8/h1,3-5H,6-7H2/b4-3+. The Morgan fingerprint density at radius 2 is 2.44 bits per heavy atom. The van der Waals surface area contributed by atoms with Crippen LogP contribution >= 0.6 is 0 Å². The molecule has 0 N–H and O–H groups in total. The summed E-state index contributed by atoms with van der Waals surface area (Å²) in [7, 11) is 0. The molecule has 0 spiro atoms. The van der Waals surface area contributed by atoms with E-state index in [2.05, 4.69) is 5.92 Å². The van der Waals surface area contributed by atoms with Gasteiger partial charge >= 0.3 is 0 Å². The van der Waals surface area contributed by atoms with E-state index < -0.39 is 0 Å². The van der Waals surface area contributed by atoms with Crippen molar-refractivity contribution >= 4 is 6.29 Å². The Labute approximate surface area is 54.5 Å². The predicted molar refractivity (Wildman–Crippen MR) is 34.9 cm³/mol. The van der Waals surface area contributed by atoms with Gasteiger partial charge in [-0.2, -0.15) is 0 Å². The van der Waals surface area contributed by atoms with Gasteiger partial charge in [0.25, 0.3) is 0 Å². The van der Waals surface area contributed by atoms with E-state index in [0.29, 0.717) is 19.5 Å². The first-order chi connectivity index (χ1) is 4.41. The van der Waals surface area contributed by atoms with Crippen LogP contribution in [-0.4, -0.2) is 19.5 Å². The van der Waals surface area contributed by atoms with Crippen molar-refractivity contribution in [2.24, 2.45) is 0 Å². The molecule has 0 heterocycles. The topological polar surface area (TPSA) is 26.3 Å². The number of allylic oxidation sites excluding steroid dienone is 1. The summed E-state index contributed by atoms with van der Waals surface area (Å²) in [6.07, 6.45) is 8.54. The van der Waals surface area contributed by atoms with Crippen molar-refractivity contribution in [2.45, 2.75) is 0 Å². The summed E-state index contributed by atoms with van der Waals surface area (Å²) in [5, 5.41) is 0. The average Bonchev–Trinajstić information content (AvgIpc) is 1.89. The number of hydrogen-bond donors (Lipinski definition) is 0. The molecule has 0 aromatic rings. The van der Waals surface area contributed by atoms with Crippen molar-refractivity contribution in [1.82, 2.24) is 0 Å². The van der Waals surface area contributed by atoms with Gasteiger partial charge in [0, 0.05) is 0 Å².